The molecule has 0 saturated heterocycles. The molecule has 118 valence electrons. The summed E-state index contributed by atoms with van der Waals surface area (Å²) in [6.07, 6.45) is 8.70. The molecule has 0 saturated carbocycles. The molecule has 0 radical (unpaired) electrons. The molecule has 0 fully saturated rings. The number of aliphatic imine (C=N–C) groups is 1. The number of hydrogen-bond donors (Lipinski definition) is 0. The van der Waals surface area contributed by atoms with Gasteiger partial charge in [-0.15, -0.1) is 17.8 Å². The summed E-state index contributed by atoms with van der Waals surface area (Å²) in [7, 11) is 0. The monoisotopic (exact) mass is 326 g/mol. The van der Waals surface area contributed by atoms with Crippen LogP contribution in [0.15, 0.2) is 28.7 Å². The molecule has 23 heavy (non-hydrogen) atoms. The molecule has 2 aromatic heterocycles. The average Bonchev–Trinajstić information content (AvgIpc) is 3.03. The zero-order valence-corrected chi connectivity index (χ0v) is 14.2. The number of thiazole rings is 1. The lowest BCUT2D eigenvalue weighted by molar-refractivity contribution is -0.116. The van der Waals surface area contributed by atoms with Crippen molar-refractivity contribution >= 4 is 34.4 Å². The van der Waals surface area contributed by atoms with Crippen LogP contribution < -0.4 is 4.90 Å². The summed E-state index contributed by atoms with van der Waals surface area (Å²) in [6.45, 7) is 6.08. The number of terminal acetylenes is 1. The maximum absolute atomic E-state index is 11.6. The first kappa shape index (κ1) is 16.8. The van der Waals surface area contributed by atoms with Crippen molar-refractivity contribution in [2.45, 2.75) is 26.7 Å². The summed E-state index contributed by atoms with van der Waals surface area (Å²) in [6, 6.07) is 3.58. The third-order valence-electron chi connectivity index (χ3n) is 3.25. The van der Waals surface area contributed by atoms with Gasteiger partial charge in [-0.1, -0.05) is 12.8 Å². The third-order valence-corrected chi connectivity index (χ3v) is 4.13. The molecule has 0 bridgehead atoms. The van der Waals surface area contributed by atoms with Gasteiger partial charge in [0, 0.05) is 42.7 Å². The maximum atomic E-state index is 11.6. The molecule has 0 aliphatic heterocycles. The highest BCUT2D eigenvalue weighted by Crippen LogP contribution is 2.25. The first-order chi connectivity index (χ1) is 11.0. The predicted octanol–water partition coefficient (Wildman–Crippen LogP) is 3.40. The molecule has 0 aromatic carbocycles. The molecule has 0 spiro atoms. The Morgan fingerprint density at radius 3 is 2.91 bits per heavy atom. The Labute approximate surface area is 140 Å². The molecule has 0 aliphatic rings. The number of nitrogens with zero attached hydrogens (tertiary/aromatic N) is 4. The molecule has 2 rings (SSSR count). The van der Waals surface area contributed by atoms with Crippen LogP contribution in [-0.4, -0.2) is 28.6 Å². The van der Waals surface area contributed by atoms with Crippen LogP contribution in [0.1, 0.15) is 37.9 Å². The molecule has 0 aliphatic carbocycles. The van der Waals surface area contributed by atoms with Gasteiger partial charge in [-0.05, 0) is 19.1 Å². The first-order valence-electron chi connectivity index (χ1n) is 7.25. The van der Waals surface area contributed by atoms with Gasteiger partial charge in [0.15, 0.2) is 10.9 Å². The van der Waals surface area contributed by atoms with Gasteiger partial charge in [0.1, 0.15) is 0 Å². The molecule has 2 heterocycles. The van der Waals surface area contributed by atoms with Gasteiger partial charge in [-0.3, -0.25) is 9.69 Å². The molecule has 6 heteroatoms. The summed E-state index contributed by atoms with van der Waals surface area (Å²) in [5, 5.41) is 2.67. The number of amides is 1. The van der Waals surface area contributed by atoms with Gasteiger partial charge in [0.2, 0.25) is 5.91 Å². The second kappa shape index (κ2) is 7.65. The quantitative estimate of drug-likeness (QED) is 0.625. The summed E-state index contributed by atoms with van der Waals surface area (Å²) in [5.41, 5.74) is 1.61. The fraction of sp³-hybridized carbons (Fsp3) is 0.294. The number of carbonyl (C=O) groups is 1. The maximum Gasteiger partial charge on any atom is 0.225 e. The van der Waals surface area contributed by atoms with E-state index in [0.29, 0.717) is 17.5 Å². The van der Waals surface area contributed by atoms with Crippen molar-refractivity contribution in [3.8, 4) is 12.3 Å². The van der Waals surface area contributed by atoms with Gasteiger partial charge in [-0.25, -0.2) is 15.0 Å². The molecule has 1 atom stereocenters. The van der Waals surface area contributed by atoms with Gasteiger partial charge in [0.05, 0.1) is 5.69 Å². The molecular weight excluding hydrogens is 308 g/mol. The number of rotatable bonds is 5. The molecule has 5 nitrogen and oxygen atoms in total. The van der Waals surface area contributed by atoms with E-state index in [9.17, 15) is 4.79 Å². The standard InChI is InChI=1S/C17H18N4OS/c1-5-14-7-8-16(19-10-14)18-9-12(3)15-11-23-17(20-15)21(6-2)13(4)22/h1,7-12H,6H2,2-4H3. The van der Waals surface area contributed by atoms with Gasteiger partial charge >= 0.3 is 0 Å². The van der Waals surface area contributed by atoms with Crippen LogP contribution in [0.3, 0.4) is 0 Å². The zero-order valence-electron chi connectivity index (χ0n) is 13.4. The lowest BCUT2D eigenvalue weighted by Gasteiger charge is -2.14. The number of pyridine rings is 1. The van der Waals surface area contributed by atoms with E-state index in [1.807, 2.05) is 19.2 Å². The van der Waals surface area contributed by atoms with Gasteiger partial charge in [-0.2, -0.15) is 0 Å². The Bertz CT molecular complexity index is 743. The molecular formula is C17H18N4OS. The van der Waals surface area contributed by atoms with E-state index in [0.717, 1.165) is 11.3 Å². The fourth-order valence-electron chi connectivity index (χ4n) is 1.91. The largest absolute Gasteiger partial charge is 0.289 e. The minimum absolute atomic E-state index is 0.00692. The lowest BCUT2D eigenvalue weighted by atomic mass is 10.1. The van der Waals surface area contributed by atoms with Crippen molar-refractivity contribution in [1.82, 2.24) is 9.97 Å². The first-order valence-corrected chi connectivity index (χ1v) is 8.13. The normalized spacial score (nSPS) is 12.1. The van der Waals surface area contributed by atoms with E-state index in [4.69, 9.17) is 6.42 Å². The van der Waals surface area contributed by atoms with E-state index < -0.39 is 0 Å². The van der Waals surface area contributed by atoms with Crippen LogP contribution in [0.2, 0.25) is 0 Å². The number of hydrogen-bond acceptors (Lipinski definition) is 5. The van der Waals surface area contributed by atoms with Gasteiger partial charge in [0.25, 0.3) is 0 Å². The minimum Gasteiger partial charge on any atom is -0.289 e. The highest BCUT2D eigenvalue weighted by molar-refractivity contribution is 7.14. The van der Waals surface area contributed by atoms with E-state index in [2.05, 4.69) is 20.9 Å². The van der Waals surface area contributed by atoms with E-state index >= 15 is 0 Å². The Morgan fingerprint density at radius 1 is 1.57 bits per heavy atom. The SMILES string of the molecule is C#Cc1ccc(N=CC(C)c2csc(N(CC)C(C)=O)n2)nc1. The van der Waals surface area contributed by atoms with Crippen molar-refractivity contribution in [2.24, 2.45) is 4.99 Å². The van der Waals surface area contributed by atoms with E-state index in [-0.39, 0.29) is 11.8 Å². The lowest BCUT2D eigenvalue weighted by Crippen LogP contribution is -2.27. The predicted molar refractivity (Wildman–Crippen MR) is 94.6 cm³/mol. The third kappa shape index (κ3) is 4.24. The second-order valence-electron chi connectivity index (χ2n) is 4.93. The Kier molecular flexibility index (Phi) is 5.61. The van der Waals surface area contributed by atoms with Gasteiger partial charge < -0.3 is 0 Å². The number of anilines is 1. The highest BCUT2D eigenvalue weighted by atomic mass is 32.1. The van der Waals surface area contributed by atoms with Crippen molar-refractivity contribution in [3.05, 3.63) is 35.0 Å². The highest BCUT2D eigenvalue weighted by Gasteiger charge is 2.15. The average molecular weight is 326 g/mol. The zero-order chi connectivity index (χ0) is 16.8. The molecule has 1 unspecified atom stereocenters. The fourth-order valence-corrected chi connectivity index (χ4v) is 2.95. The van der Waals surface area contributed by atoms with Crippen LogP contribution in [0, 0.1) is 12.3 Å². The second-order valence-corrected chi connectivity index (χ2v) is 5.77. The number of carbonyl (C=O) groups excluding carboxylic acids is 1. The molecule has 2 aromatic rings. The van der Waals surface area contributed by atoms with Crippen molar-refractivity contribution in [2.75, 3.05) is 11.4 Å². The summed E-state index contributed by atoms with van der Waals surface area (Å²) in [5.74, 6) is 3.14. The Hall–Kier alpha value is -2.52. The summed E-state index contributed by atoms with van der Waals surface area (Å²) >= 11 is 1.46. The Morgan fingerprint density at radius 2 is 2.35 bits per heavy atom. The van der Waals surface area contributed by atoms with E-state index in [1.165, 1.54) is 11.3 Å². The molecule has 0 N–H and O–H groups in total. The van der Waals surface area contributed by atoms with Crippen LogP contribution in [0.5, 0.6) is 0 Å². The molecule has 1 amide bonds. The van der Waals surface area contributed by atoms with Crippen LogP contribution >= 0.6 is 11.3 Å². The van der Waals surface area contributed by atoms with Crippen molar-refractivity contribution in [1.29, 1.82) is 0 Å². The number of aromatic nitrogens is 2. The smallest absolute Gasteiger partial charge is 0.225 e. The summed E-state index contributed by atoms with van der Waals surface area (Å²) < 4.78 is 0. The van der Waals surface area contributed by atoms with Crippen LogP contribution in [0.4, 0.5) is 10.9 Å². The minimum atomic E-state index is -0.00692. The van der Waals surface area contributed by atoms with Crippen LogP contribution in [-0.2, 0) is 4.79 Å². The topological polar surface area (TPSA) is 58.5 Å². The van der Waals surface area contributed by atoms with Crippen molar-refractivity contribution in [3.63, 3.8) is 0 Å². The van der Waals surface area contributed by atoms with E-state index in [1.54, 1.807) is 36.4 Å². The van der Waals surface area contributed by atoms with Crippen LogP contribution in [0.25, 0.3) is 0 Å². The van der Waals surface area contributed by atoms with Crippen molar-refractivity contribution < 1.29 is 4.79 Å². The Balaban J connectivity index is 2.10. The summed E-state index contributed by atoms with van der Waals surface area (Å²) in [4.78, 5) is 26.3.